The number of nitrogens with zero attached hydrogens (tertiary/aromatic N) is 1. The number of thioether (sulfide) groups is 1. The predicted molar refractivity (Wildman–Crippen MR) is 106 cm³/mol. The van der Waals surface area contributed by atoms with Crippen LogP contribution in [0.1, 0.15) is 11.4 Å². The van der Waals surface area contributed by atoms with E-state index < -0.39 is 0 Å². The van der Waals surface area contributed by atoms with Crippen molar-refractivity contribution in [3.63, 3.8) is 0 Å². The molecule has 0 saturated carbocycles. The molecular formula is C16H20N4OS3. The van der Waals surface area contributed by atoms with Crippen LogP contribution in [0.3, 0.4) is 0 Å². The van der Waals surface area contributed by atoms with E-state index in [0.717, 1.165) is 35.0 Å². The Kier molecular flexibility index (Phi) is 8.00. The molecule has 2 rings (SSSR count). The molecule has 8 heteroatoms. The predicted octanol–water partition coefficient (Wildman–Crippen LogP) is 2.60. The molecule has 0 spiro atoms. The number of thiocarbonyl (C=S) groups is 1. The molecule has 1 amide bonds. The molecule has 0 aliphatic heterocycles. The van der Waals surface area contributed by atoms with Gasteiger partial charge in [0.05, 0.1) is 12.1 Å². The summed E-state index contributed by atoms with van der Waals surface area (Å²) in [4.78, 5) is 16.4. The lowest BCUT2D eigenvalue weighted by molar-refractivity contribution is -0.121. The summed E-state index contributed by atoms with van der Waals surface area (Å²) in [5.41, 5.74) is 7.24. The fraction of sp³-hybridized carbons (Fsp3) is 0.312. The highest BCUT2D eigenvalue weighted by Gasteiger charge is 2.09. The van der Waals surface area contributed by atoms with Crippen molar-refractivity contribution < 1.29 is 4.79 Å². The van der Waals surface area contributed by atoms with E-state index in [0.29, 0.717) is 5.11 Å². The standard InChI is InChI=1S/C16H20N4OS3/c1-23-9-5-8-17-16(22)20-19-14(21)10-15-18-13(11-24-15)12-6-3-2-4-7-12/h2-4,6-7,11H,5,8-10H2,1H3,(H,19,21)(H2,17,20,22). The Morgan fingerprint density at radius 3 is 2.83 bits per heavy atom. The van der Waals surface area contributed by atoms with Gasteiger partial charge < -0.3 is 5.32 Å². The molecular weight excluding hydrogens is 360 g/mol. The van der Waals surface area contributed by atoms with Crippen molar-refractivity contribution in [3.05, 3.63) is 40.7 Å². The quantitative estimate of drug-likeness (QED) is 0.390. The summed E-state index contributed by atoms with van der Waals surface area (Å²) in [5.74, 6) is 0.910. The van der Waals surface area contributed by atoms with Crippen molar-refractivity contribution in [1.82, 2.24) is 21.2 Å². The number of hydrazine groups is 1. The molecule has 128 valence electrons. The van der Waals surface area contributed by atoms with Gasteiger partial charge in [-0.15, -0.1) is 11.3 Å². The van der Waals surface area contributed by atoms with Gasteiger partial charge in [0.2, 0.25) is 5.91 Å². The third-order valence-electron chi connectivity index (χ3n) is 3.06. The first-order valence-electron chi connectivity index (χ1n) is 7.50. The van der Waals surface area contributed by atoms with E-state index in [1.807, 2.05) is 35.7 Å². The van der Waals surface area contributed by atoms with Crippen molar-refractivity contribution in [2.45, 2.75) is 12.8 Å². The Bertz CT molecular complexity index is 660. The first kappa shape index (κ1) is 18.7. The van der Waals surface area contributed by atoms with Crippen molar-refractivity contribution in [2.75, 3.05) is 18.6 Å². The minimum absolute atomic E-state index is 0.169. The van der Waals surface area contributed by atoms with Crippen LogP contribution in [0.15, 0.2) is 35.7 Å². The van der Waals surface area contributed by atoms with Gasteiger partial charge in [0.25, 0.3) is 0 Å². The second kappa shape index (κ2) is 10.3. The molecule has 1 heterocycles. The average molecular weight is 381 g/mol. The number of carbonyl (C=O) groups is 1. The Hall–Kier alpha value is -1.64. The Balaban J connectivity index is 1.73. The van der Waals surface area contributed by atoms with Crippen LogP contribution < -0.4 is 16.2 Å². The highest BCUT2D eigenvalue weighted by atomic mass is 32.2. The Labute approximate surface area is 155 Å². The number of carbonyl (C=O) groups excluding carboxylic acids is 1. The van der Waals surface area contributed by atoms with Gasteiger partial charge in [-0.2, -0.15) is 11.8 Å². The summed E-state index contributed by atoms with van der Waals surface area (Å²) in [5, 5.41) is 6.20. The van der Waals surface area contributed by atoms with Crippen LogP contribution >= 0.6 is 35.3 Å². The van der Waals surface area contributed by atoms with E-state index >= 15 is 0 Å². The van der Waals surface area contributed by atoms with Gasteiger partial charge in [0.1, 0.15) is 5.01 Å². The van der Waals surface area contributed by atoms with Gasteiger partial charge in [-0.3, -0.25) is 15.6 Å². The number of nitrogens with one attached hydrogen (secondary N) is 3. The minimum Gasteiger partial charge on any atom is -0.361 e. The van der Waals surface area contributed by atoms with Crippen molar-refractivity contribution in [1.29, 1.82) is 0 Å². The highest BCUT2D eigenvalue weighted by Crippen LogP contribution is 2.21. The summed E-state index contributed by atoms with van der Waals surface area (Å²) in [6.07, 6.45) is 3.32. The smallest absolute Gasteiger partial charge is 0.245 e. The molecule has 0 fully saturated rings. The Morgan fingerprint density at radius 1 is 1.29 bits per heavy atom. The van der Waals surface area contributed by atoms with E-state index in [1.165, 1.54) is 11.3 Å². The van der Waals surface area contributed by atoms with E-state index in [1.54, 1.807) is 11.8 Å². The van der Waals surface area contributed by atoms with Crippen LogP contribution in [-0.4, -0.2) is 34.6 Å². The number of hydrogen-bond acceptors (Lipinski definition) is 5. The summed E-state index contributed by atoms with van der Waals surface area (Å²) in [6.45, 7) is 0.787. The maximum Gasteiger partial charge on any atom is 0.245 e. The second-order valence-electron chi connectivity index (χ2n) is 4.94. The van der Waals surface area contributed by atoms with Crippen LogP contribution in [-0.2, 0) is 11.2 Å². The van der Waals surface area contributed by atoms with E-state index in [4.69, 9.17) is 12.2 Å². The molecule has 0 bridgehead atoms. The first-order chi connectivity index (χ1) is 11.7. The molecule has 24 heavy (non-hydrogen) atoms. The second-order valence-corrected chi connectivity index (χ2v) is 7.28. The van der Waals surface area contributed by atoms with Gasteiger partial charge in [0, 0.05) is 17.5 Å². The van der Waals surface area contributed by atoms with Gasteiger partial charge in [-0.25, -0.2) is 4.98 Å². The summed E-state index contributed by atoms with van der Waals surface area (Å²) >= 11 is 8.37. The van der Waals surface area contributed by atoms with Crippen LogP contribution in [0.5, 0.6) is 0 Å². The molecule has 0 atom stereocenters. The fourth-order valence-corrected chi connectivity index (χ4v) is 3.29. The van der Waals surface area contributed by atoms with E-state index in [2.05, 4.69) is 27.4 Å². The van der Waals surface area contributed by atoms with Crippen LogP contribution in [0.4, 0.5) is 0 Å². The Morgan fingerprint density at radius 2 is 2.08 bits per heavy atom. The van der Waals surface area contributed by atoms with Gasteiger partial charge in [-0.1, -0.05) is 30.3 Å². The number of aromatic nitrogens is 1. The molecule has 2 aromatic rings. The lowest BCUT2D eigenvalue weighted by atomic mass is 10.2. The van der Waals surface area contributed by atoms with Crippen LogP contribution in [0, 0.1) is 0 Å². The molecule has 0 saturated heterocycles. The summed E-state index contributed by atoms with van der Waals surface area (Å²) in [6, 6.07) is 9.91. The van der Waals surface area contributed by atoms with Crippen molar-refractivity contribution >= 4 is 46.3 Å². The third-order valence-corrected chi connectivity index (χ3v) is 4.85. The number of hydrogen-bond donors (Lipinski definition) is 3. The highest BCUT2D eigenvalue weighted by molar-refractivity contribution is 7.98. The molecule has 3 N–H and O–H groups in total. The SMILES string of the molecule is CSCCCNC(=S)NNC(=O)Cc1nc(-c2ccccc2)cs1. The number of rotatable bonds is 7. The van der Waals surface area contributed by atoms with E-state index in [-0.39, 0.29) is 12.3 Å². The van der Waals surface area contributed by atoms with Crippen molar-refractivity contribution in [3.8, 4) is 11.3 Å². The third kappa shape index (κ3) is 6.46. The van der Waals surface area contributed by atoms with Gasteiger partial charge in [-0.05, 0) is 30.6 Å². The molecule has 0 unspecified atom stereocenters. The maximum absolute atomic E-state index is 11.9. The van der Waals surface area contributed by atoms with Gasteiger partial charge >= 0.3 is 0 Å². The van der Waals surface area contributed by atoms with E-state index in [9.17, 15) is 4.79 Å². The van der Waals surface area contributed by atoms with Crippen molar-refractivity contribution in [2.24, 2.45) is 0 Å². The largest absolute Gasteiger partial charge is 0.361 e. The molecule has 5 nitrogen and oxygen atoms in total. The first-order valence-corrected chi connectivity index (χ1v) is 10.2. The lowest BCUT2D eigenvalue weighted by Crippen LogP contribution is -2.47. The topological polar surface area (TPSA) is 66.0 Å². The normalized spacial score (nSPS) is 10.2. The maximum atomic E-state index is 11.9. The molecule has 0 aliphatic carbocycles. The lowest BCUT2D eigenvalue weighted by Gasteiger charge is -2.10. The number of amides is 1. The molecule has 1 aromatic heterocycles. The zero-order valence-corrected chi connectivity index (χ0v) is 15.8. The number of benzene rings is 1. The monoisotopic (exact) mass is 380 g/mol. The molecule has 1 aromatic carbocycles. The molecule has 0 aliphatic rings. The molecule has 0 radical (unpaired) electrons. The summed E-state index contributed by atoms with van der Waals surface area (Å²) < 4.78 is 0. The zero-order valence-electron chi connectivity index (χ0n) is 13.4. The summed E-state index contributed by atoms with van der Waals surface area (Å²) in [7, 11) is 0. The minimum atomic E-state index is -0.169. The zero-order chi connectivity index (χ0) is 17.2. The average Bonchev–Trinajstić information content (AvgIpc) is 3.06. The fourth-order valence-electron chi connectivity index (χ4n) is 1.90. The number of thiazole rings is 1. The van der Waals surface area contributed by atoms with Gasteiger partial charge in [0.15, 0.2) is 5.11 Å². The van der Waals surface area contributed by atoms with Crippen LogP contribution in [0.25, 0.3) is 11.3 Å². The van der Waals surface area contributed by atoms with Crippen LogP contribution in [0.2, 0.25) is 0 Å².